The van der Waals surface area contributed by atoms with Gasteiger partial charge in [-0.3, -0.25) is 0 Å². The molecule has 0 atom stereocenters. The van der Waals surface area contributed by atoms with Crippen LogP contribution in [-0.4, -0.2) is 12.1 Å². The summed E-state index contributed by atoms with van der Waals surface area (Å²) >= 11 is 13.4. The molecular formula is C12H10Cl2N2OS. The molecule has 2 aromatic rings. The Hall–Kier alpha value is -1.10. The van der Waals surface area contributed by atoms with Gasteiger partial charge in [0, 0.05) is 16.0 Å². The summed E-state index contributed by atoms with van der Waals surface area (Å²) in [4.78, 5) is 5.07. The van der Waals surface area contributed by atoms with Gasteiger partial charge in [0.1, 0.15) is 5.03 Å². The molecule has 0 aliphatic rings. The summed E-state index contributed by atoms with van der Waals surface area (Å²) in [6.45, 7) is 0. The number of hydrogen-bond acceptors (Lipinski definition) is 4. The van der Waals surface area contributed by atoms with E-state index in [9.17, 15) is 0 Å². The van der Waals surface area contributed by atoms with Gasteiger partial charge in [-0.25, -0.2) is 4.98 Å². The van der Waals surface area contributed by atoms with Gasteiger partial charge in [-0.05, 0) is 24.3 Å². The molecule has 0 radical (unpaired) electrons. The van der Waals surface area contributed by atoms with Crippen molar-refractivity contribution in [3.05, 3.63) is 40.4 Å². The van der Waals surface area contributed by atoms with Crippen LogP contribution in [0.4, 0.5) is 5.69 Å². The molecule has 0 aliphatic heterocycles. The van der Waals surface area contributed by atoms with E-state index in [1.54, 1.807) is 37.4 Å². The third kappa shape index (κ3) is 3.02. The molecule has 2 rings (SSSR count). The van der Waals surface area contributed by atoms with Gasteiger partial charge < -0.3 is 10.5 Å². The monoisotopic (exact) mass is 300 g/mol. The van der Waals surface area contributed by atoms with Crippen molar-refractivity contribution in [1.29, 1.82) is 0 Å². The summed E-state index contributed by atoms with van der Waals surface area (Å²) < 4.78 is 5.06. The number of halogens is 2. The Morgan fingerprint density at radius 3 is 2.72 bits per heavy atom. The van der Waals surface area contributed by atoms with Crippen LogP contribution in [0.15, 0.2) is 40.3 Å². The van der Waals surface area contributed by atoms with Crippen LogP contribution in [0.1, 0.15) is 0 Å². The Balaban J connectivity index is 2.36. The lowest BCUT2D eigenvalue weighted by Gasteiger charge is -2.08. The van der Waals surface area contributed by atoms with Gasteiger partial charge in [0.05, 0.1) is 17.8 Å². The van der Waals surface area contributed by atoms with Gasteiger partial charge in [-0.2, -0.15) is 0 Å². The van der Waals surface area contributed by atoms with Crippen LogP contribution in [0.3, 0.4) is 0 Å². The minimum atomic E-state index is 0.504. The van der Waals surface area contributed by atoms with E-state index >= 15 is 0 Å². The van der Waals surface area contributed by atoms with Crippen molar-refractivity contribution in [2.75, 3.05) is 12.8 Å². The fourth-order valence-electron chi connectivity index (χ4n) is 1.29. The normalized spacial score (nSPS) is 10.4. The standard InChI is InChI=1S/C12H10Cl2N2OS/c1-17-11-5-4-9(15)12(16-11)18-10-6-7(13)2-3-8(10)14/h2-6H,15H2,1H3. The number of rotatable bonds is 3. The summed E-state index contributed by atoms with van der Waals surface area (Å²) in [5.74, 6) is 0.504. The molecular weight excluding hydrogens is 291 g/mol. The van der Waals surface area contributed by atoms with Crippen molar-refractivity contribution in [3.63, 3.8) is 0 Å². The van der Waals surface area contributed by atoms with Crippen LogP contribution in [0.5, 0.6) is 5.88 Å². The number of nitrogens with two attached hydrogens (primary N) is 1. The Morgan fingerprint density at radius 1 is 1.22 bits per heavy atom. The molecule has 18 heavy (non-hydrogen) atoms. The first kappa shape index (κ1) is 13.3. The number of hydrogen-bond donors (Lipinski definition) is 1. The molecule has 0 aliphatic carbocycles. The second-order valence-corrected chi connectivity index (χ2v) is 5.30. The molecule has 6 heteroatoms. The Bertz CT molecular complexity index is 578. The topological polar surface area (TPSA) is 48.1 Å². The molecule has 0 saturated heterocycles. The van der Waals surface area contributed by atoms with Gasteiger partial charge in [0.2, 0.25) is 5.88 Å². The smallest absolute Gasteiger partial charge is 0.214 e. The average Bonchev–Trinajstić information content (AvgIpc) is 2.36. The SMILES string of the molecule is COc1ccc(N)c(Sc2cc(Cl)ccc2Cl)n1. The van der Waals surface area contributed by atoms with Crippen LogP contribution in [0.2, 0.25) is 10.0 Å². The predicted octanol–water partition coefficient (Wildman–Crippen LogP) is 4.13. The maximum Gasteiger partial charge on any atom is 0.214 e. The van der Waals surface area contributed by atoms with E-state index in [1.165, 1.54) is 11.8 Å². The lowest BCUT2D eigenvalue weighted by atomic mass is 10.4. The number of methoxy groups -OCH3 is 1. The maximum atomic E-state index is 6.09. The van der Waals surface area contributed by atoms with Crippen molar-refractivity contribution in [2.45, 2.75) is 9.92 Å². The van der Waals surface area contributed by atoms with Crippen molar-refractivity contribution < 1.29 is 4.74 Å². The highest BCUT2D eigenvalue weighted by Gasteiger charge is 2.09. The fourth-order valence-corrected chi connectivity index (χ4v) is 2.64. The molecule has 0 spiro atoms. The minimum Gasteiger partial charge on any atom is -0.481 e. The first-order valence-electron chi connectivity index (χ1n) is 5.03. The molecule has 1 heterocycles. The number of anilines is 1. The Morgan fingerprint density at radius 2 is 2.00 bits per heavy atom. The molecule has 0 amide bonds. The summed E-state index contributed by atoms with van der Waals surface area (Å²) in [5, 5.41) is 1.86. The molecule has 1 aromatic heterocycles. The number of nitrogens with zero attached hydrogens (tertiary/aromatic N) is 1. The quantitative estimate of drug-likeness (QED) is 0.926. The van der Waals surface area contributed by atoms with E-state index in [0.717, 1.165) is 4.90 Å². The van der Waals surface area contributed by atoms with Gasteiger partial charge in [-0.15, -0.1) is 0 Å². The Labute approximate surface area is 119 Å². The lowest BCUT2D eigenvalue weighted by Crippen LogP contribution is -1.94. The minimum absolute atomic E-state index is 0.504. The van der Waals surface area contributed by atoms with Crippen LogP contribution < -0.4 is 10.5 Å². The lowest BCUT2D eigenvalue weighted by molar-refractivity contribution is 0.395. The van der Waals surface area contributed by atoms with Gasteiger partial charge in [-0.1, -0.05) is 35.0 Å². The van der Waals surface area contributed by atoms with Crippen LogP contribution in [-0.2, 0) is 0 Å². The molecule has 0 bridgehead atoms. The highest BCUT2D eigenvalue weighted by atomic mass is 35.5. The second kappa shape index (κ2) is 5.69. The van der Waals surface area contributed by atoms with E-state index in [-0.39, 0.29) is 0 Å². The summed E-state index contributed by atoms with van der Waals surface area (Å²) in [7, 11) is 1.55. The van der Waals surface area contributed by atoms with Gasteiger partial charge in [0.15, 0.2) is 0 Å². The van der Waals surface area contributed by atoms with Crippen molar-refractivity contribution in [2.24, 2.45) is 0 Å². The second-order valence-electron chi connectivity index (χ2n) is 3.42. The number of nitrogen functional groups attached to an aromatic ring is 1. The van der Waals surface area contributed by atoms with E-state index < -0.39 is 0 Å². The molecule has 1 aromatic carbocycles. The van der Waals surface area contributed by atoms with Crippen molar-refractivity contribution in [1.82, 2.24) is 4.98 Å². The molecule has 0 unspecified atom stereocenters. The first-order valence-corrected chi connectivity index (χ1v) is 6.61. The molecule has 0 fully saturated rings. The molecule has 3 nitrogen and oxygen atoms in total. The highest BCUT2D eigenvalue weighted by molar-refractivity contribution is 7.99. The zero-order valence-corrected chi connectivity index (χ0v) is 11.8. The number of benzene rings is 1. The van der Waals surface area contributed by atoms with Gasteiger partial charge in [0.25, 0.3) is 0 Å². The van der Waals surface area contributed by atoms with Crippen LogP contribution >= 0.6 is 35.0 Å². The van der Waals surface area contributed by atoms with E-state index in [0.29, 0.717) is 26.6 Å². The molecule has 2 N–H and O–H groups in total. The maximum absolute atomic E-state index is 6.09. The molecule has 0 saturated carbocycles. The fraction of sp³-hybridized carbons (Fsp3) is 0.0833. The predicted molar refractivity (Wildman–Crippen MR) is 75.8 cm³/mol. The summed E-state index contributed by atoms with van der Waals surface area (Å²) in [6.07, 6.45) is 0. The first-order chi connectivity index (χ1) is 8.60. The van der Waals surface area contributed by atoms with Crippen molar-refractivity contribution in [3.8, 4) is 5.88 Å². The zero-order chi connectivity index (χ0) is 13.1. The number of ether oxygens (including phenoxy) is 1. The zero-order valence-electron chi connectivity index (χ0n) is 9.48. The van der Waals surface area contributed by atoms with E-state index in [2.05, 4.69) is 4.98 Å². The van der Waals surface area contributed by atoms with E-state index in [1.807, 2.05) is 0 Å². The molecule has 94 valence electrons. The third-order valence-corrected chi connectivity index (χ3v) is 3.93. The van der Waals surface area contributed by atoms with Crippen LogP contribution in [0, 0.1) is 0 Å². The van der Waals surface area contributed by atoms with Crippen molar-refractivity contribution >= 4 is 40.7 Å². The summed E-state index contributed by atoms with van der Waals surface area (Å²) in [6, 6.07) is 8.69. The number of aromatic nitrogens is 1. The third-order valence-electron chi connectivity index (χ3n) is 2.17. The van der Waals surface area contributed by atoms with E-state index in [4.69, 9.17) is 33.7 Å². The highest BCUT2D eigenvalue weighted by Crippen LogP contribution is 2.37. The van der Waals surface area contributed by atoms with Crippen LogP contribution in [0.25, 0.3) is 0 Å². The number of pyridine rings is 1. The Kier molecular flexibility index (Phi) is 4.22. The van der Waals surface area contributed by atoms with Gasteiger partial charge >= 0.3 is 0 Å². The summed E-state index contributed by atoms with van der Waals surface area (Å²) in [5.41, 5.74) is 6.43. The largest absolute Gasteiger partial charge is 0.481 e. The average molecular weight is 301 g/mol.